The summed E-state index contributed by atoms with van der Waals surface area (Å²) in [5.41, 5.74) is 5.45. The van der Waals surface area contributed by atoms with E-state index >= 15 is 0 Å². The molecule has 1 atom stereocenters. The number of nitrogens with zero attached hydrogens (tertiary/aromatic N) is 5. The Kier molecular flexibility index (Phi) is 6.59. The largest absolute Gasteiger partial charge is 0.479 e. The molecule has 1 aromatic carbocycles. The lowest BCUT2D eigenvalue weighted by molar-refractivity contribution is -0.133. The van der Waals surface area contributed by atoms with Gasteiger partial charge in [-0.1, -0.05) is 12.1 Å². The van der Waals surface area contributed by atoms with Crippen molar-refractivity contribution in [2.75, 3.05) is 13.7 Å². The van der Waals surface area contributed by atoms with Gasteiger partial charge in [0.1, 0.15) is 0 Å². The van der Waals surface area contributed by atoms with E-state index in [0.717, 1.165) is 33.4 Å². The smallest absolute Gasteiger partial charge is 0.242 e. The summed E-state index contributed by atoms with van der Waals surface area (Å²) >= 11 is 0. The van der Waals surface area contributed by atoms with Crippen LogP contribution in [0.25, 0.3) is 11.0 Å². The minimum absolute atomic E-state index is 0.0635. The van der Waals surface area contributed by atoms with Crippen molar-refractivity contribution in [1.29, 1.82) is 5.26 Å². The molecule has 0 bridgehead atoms. The van der Waals surface area contributed by atoms with Crippen molar-refractivity contribution < 1.29 is 9.53 Å². The molecule has 0 radical (unpaired) electrons. The van der Waals surface area contributed by atoms with Gasteiger partial charge < -0.3 is 9.64 Å². The molecule has 0 aliphatic carbocycles. The molecule has 0 spiro atoms. The van der Waals surface area contributed by atoms with Crippen LogP contribution in [-0.4, -0.2) is 39.2 Å². The number of amides is 1. The maximum absolute atomic E-state index is 13.1. The van der Waals surface area contributed by atoms with Crippen molar-refractivity contribution in [2.45, 2.75) is 46.6 Å². The molecule has 0 aliphatic heterocycles. The van der Waals surface area contributed by atoms with Crippen molar-refractivity contribution in [1.82, 2.24) is 19.7 Å². The Balaban J connectivity index is 1.81. The summed E-state index contributed by atoms with van der Waals surface area (Å²) in [7, 11) is 3.46. The van der Waals surface area contributed by atoms with Gasteiger partial charge in [-0.15, -0.1) is 5.10 Å². The number of methoxy groups -OCH3 is 1. The van der Waals surface area contributed by atoms with Crippen LogP contribution in [0.1, 0.15) is 54.3 Å². The van der Waals surface area contributed by atoms with Gasteiger partial charge in [0.2, 0.25) is 11.8 Å². The van der Waals surface area contributed by atoms with Crippen LogP contribution in [0.5, 0.6) is 5.88 Å². The van der Waals surface area contributed by atoms with Crippen LogP contribution in [-0.2, 0) is 18.3 Å². The monoisotopic (exact) mass is 419 g/mol. The molecule has 7 heteroatoms. The van der Waals surface area contributed by atoms with E-state index in [2.05, 4.69) is 11.2 Å². The second kappa shape index (κ2) is 9.17. The van der Waals surface area contributed by atoms with Crippen LogP contribution in [0.4, 0.5) is 0 Å². The number of benzene rings is 1. The van der Waals surface area contributed by atoms with E-state index in [-0.39, 0.29) is 11.9 Å². The maximum atomic E-state index is 13.1. The topological polar surface area (TPSA) is 84.0 Å². The van der Waals surface area contributed by atoms with Crippen molar-refractivity contribution in [3.8, 4) is 11.9 Å². The van der Waals surface area contributed by atoms with Crippen LogP contribution >= 0.6 is 0 Å². The predicted molar refractivity (Wildman–Crippen MR) is 120 cm³/mol. The zero-order valence-corrected chi connectivity index (χ0v) is 19.1. The molecule has 162 valence electrons. The predicted octanol–water partition coefficient (Wildman–Crippen LogP) is 4.01. The fourth-order valence-corrected chi connectivity index (χ4v) is 4.17. The number of aromatic nitrogens is 3. The van der Waals surface area contributed by atoms with Gasteiger partial charge in [-0.3, -0.25) is 4.79 Å². The Hall–Kier alpha value is -3.40. The number of fused-ring (bicyclic) bond motifs is 1. The van der Waals surface area contributed by atoms with E-state index < -0.39 is 0 Å². The number of pyridine rings is 1. The lowest BCUT2D eigenvalue weighted by Gasteiger charge is -2.29. The molecule has 0 N–H and O–H groups in total. The molecule has 0 fully saturated rings. The number of aryl methyl sites for hydroxylation is 3. The summed E-state index contributed by atoms with van der Waals surface area (Å²) in [6.07, 6.45) is 1.000. The molecule has 0 aliphatic rings. The Morgan fingerprint density at radius 3 is 2.55 bits per heavy atom. The Labute approximate surface area is 183 Å². The maximum Gasteiger partial charge on any atom is 0.242 e. The van der Waals surface area contributed by atoms with E-state index in [1.54, 1.807) is 23.9 Å². The minimum Gasteiger partial charge on any atom is -0.479 e. The van der Waals surface area contributed by atoms with Gasteiger partial charge >= 0.3 is 0 Å². The average Bonchev–Trinajstić information content (AvgIpc) is 3.09. The first-order valence-corrected chi connectivity index (χ1v) is 10.5. The van der Waals surface area contributed by atoms with E-state index in [9.17, 15) is 4.79 Å². The zero-order chi connectivity index (χ0) is 22.7. The highest BCUT2D eigenvalue weighted by atomic mass is 16.5. The van der Waals surface area contributed by atoms with Gasteiger partial charge in [-0.25, -0.2) is 9.67 Å². The fraction of sp³-hybridized carbons (Fsp3) is 0.417. The summed E-state index contributed by atoms with van der Waals surface area (Å²) in [6, 6.07) is 9.48. The molecule has 31 heavy (non-hydrogen) atoms. The average molecular weight is 420 g/mol. The second-order valence-corrected chi connectivity index (χ2v) is 7.72. The van der Waals surface area contributed by atoms with Gasteiger partial charge in [0.15, 0.2) is 5.65 Å². The lowest BCUT2D eigenvalue weighted by Crippen LogP contribution is -2.33. The molecule has 0 saturated heterocycles. The third kappa shape index (κ3) is 4.24. The van der Waals surface area contributed by atoms with E-state index in [4.69, 9.17) is 15.0 Å². The molecule has 7 nitrogen and oxygen atoms in total. The Morgan fingerprint density at radius 2 is 1.97 bits per heavy atom. The highest BCUT2D eigenvalue weighted by molar-refractivity contribution is 5.86. The molecule has 2 heterocycles. The minimum atomic E-state index is -0.0635. The first kappa shape index (κ1) is 22.3. The standard InChI is InChI=1S/C24H29N5O2/c1-7-29(17(4)19-10-8-18(14-25)9-11-19)21(30)13-12-20-15(2)22-23(26-16(20)3)28(5)27-24(22)31-6/h8-11,17H,7,12-13H2,1-6H3. The summed E-state index contributed by atoms with van der Waals surface area (Å²) in [4.78, 5) is 19.7. The quantitative estimate of drug-likeness (QED) is 0.578. The van der Waals surface area contributed by atoms with Gasteiger partial charge in [-0.2, -0.15) is 5.26 Å². The van der Waals surface area contributed by atoms with Gasteiger partial charge in [0.25, 0.3) is 0 Å². The van der Waals surface area contributed by atoms with Crippen molar-refractivity contribution in [2.24, 2.45) is 7.05 Å². The number of hydrogen-bond donors (Lipinski definition) is 0. The summed E-state index contributed by atoms with van der Waals surface area (Å²) in [6.45, 7) is 8.64. The third-order valence-electron chi connectivity index (χ3n) is 5.96. The molecule has 3 rings (SSSR count). The highest BCUT2D eigenvalue weighted by Gasteiger charge is 2.22. The summed E-state index contributed by atoms with van der Waals surface area (Å²) in [5, 5.41) is 14.3. The van der Waals surface area contributed by atoms with E-state index in [1.165, 1.54) is 0 Å². The number of ether oxygens (including phenoxy) is 1. The Morgan fingerprint density at radius 1 is 1.29 bits per heavy atom. The molecule has 0 saturated carbocycles. The van der Waals surface area contributed by atoms with Crippen LogP contribution < -0.4 is 4.74 Å². The third-order valence-corrected chi connectivity index (χ3v) is 5.96. The van der Waals surface area contributed by atoms with Gasteiger partial charge in [0.05, 0.1) is 30.2 Å². The number of carbonyl (C=O) groups excluding carboxylic acids is 1. The first-order valence-electron chi connectivity index (χ1n) is 10.5. The van der Waals surface area contributed by atoms with Gasteiger partial charge in [-0.05, 0) is 62.9 Å². The number of carbonyl (C=O) groups is 1. The first-order chi connectivity index (χ1) is 14.8. The molecular weight excluding hydrogens is 390 g/mol. The Bertz CT molecular complexity index is 1140. The molecular formula is C24H29N5O2. The fourth-order valence-electron chi connectivity index (χ4n) is 4.17. The van der Waals surface area contributed by atoms with Crippen molar-refractivity contribution in [3.63, 3.8) is 0 Å². The molecule has 2 aromatic heterocycles. The van der Waals surface area contributed by atoms with E-state index in [1.807, 2.05) is 51.8 Å². The lowest BCUT2D eigenvalue weighted by atomic mass is 9.99. The van der Waals surface area contributed by atoms with Crippen LogP contribution in [0.2, 0.25) is 0 Å². The molecule has 3 aromatic rings. The normalized spacial score (nSPS) is 11.9. The van der Waals surface area contributed by atoms with Crippen molar-refractivity contribution in [3.05, 3.63) is 52.2 Å². The van der Waals surface area contributed by atoms with Crippen LogP contribution in [0.15, 0.2) is 24.3 Å². The molecule has 1 unspecified atom stereocenters. The number of hydrogen-bond acceptors (Lipinski definition) is 5. The van der Waals surface area contributed by atoms with Gasteiger partial charge in [0, 0.05) is 25.7 Å². The highest BCUT2D eigenvalue weighted by Crippen LogP contribution is 2.31. The van der Waals surface area contributed by atoms with E-state index in [0.29, 0.717) is 30.8 Å². The number of rotatable bonds is 7. The SMILES string of the molecule is CCN(C(=O)CCc1c(C)nc2c(c(OC)nn2C)c1C)C(C)c1ccc(C#N)cc1. The van der Waals surface area contributed by atoms with Crippen molar-refractivity contribution >= 4 is 16.9 Å². The molecule has 1 amide bonds. The second-order valence-electron chi connectivity index (χ2n) is 7.72. The summed E-state index contributed by atoms with van der Waals surface area (Å²) < 4.78 is 7.16. The number of nitriles is 1. The summed E-state index contributed by atoms with van der Waals surface area (Å²) in [5.74, 6) is 0.649. The van der Waals surface area contributed by atoms with Crippen LogP contribution in [0, 0.1) is 25.2 Å². The zero-order valence-electron chi connectivity index (χ0n) is 19.1. The van der Waals surface area contributed by atoms with Crippen LogP contribution in [0.3, 0.4) is 0 Å².